The molecular formula is C16H15ClO4S. The van der Waals surface area contributed by atoms with Crippen molar-refractivity contribution in [2.45, 2.75) is 24.8 Å². The van der Waals surface area contributed by atoms with Gasteiger partial charge in [0.05, 0.1) is 4.90 Å². The summed E-state index contributed by atoms with van der Waals surface area (Å²) in [5.41, 5.74) is 1.24. The van der Waals surface area contributed by atoms with Gasteiger partial charge < -0.3 is 0 Å². The molecule has 4 nitrogen and oxygen atoms in total. The molecule has 0 aliphatic rings. The first kappa shape index (κ1) is 16.7. The maximum atomic E-state index is 12.2. The van der Waals surface area contributed by atoms with Crippen LogP contribution in [0.25, 0.3) is 0 Å². The smallest absolute Gasteiger partial charge is 0.291 e. The third-order valence-corrected chi connectivity index (χ3v) is 4.69. The van der Waals surface area contributed by atoms with Crippen LogP contribution in [0.3, 0.4) is 0 Å². The highest BCUT2D eigenvalue weighted by Crippen LogP contribution is 2.18. The molecule has 0 heterocycles. The fourth-order valence-electron chi connectivity index (χ4n) is 1.87. The molecule has 0 aliphatic carbocycles. The predicted molar refractivity (Wildman–Crippen MR) is 84.7 cm³/mol. The molecule has 6 heteroatoms. The Balaban J connectivity index is 2.18. The number of Topliss-reactive ketones (excluding diaryl/α,β-unsaturated/α-hetero) is 1. The number of benzene rings is 2. The fourth-order valence-corrected chi connectivity index (χ4v) is 3.11. The average molecular weight is 339 g/mol. The number of halogens is 1. The van der Waals surface area contributed by atoms with E-state index < -0.39 is 22.0 Å². The molecule has 116 valence electrons. The lowest BCUT2D eigenvalue weighted by atomic mass is 10.1. The second kappa shape index (κ2) is 6.60. The van der Waals surface area contributed by atoms with Crippen LogP contribution in [0.15, 0.2) is 53.4 Å². The molecular weight excluding hydrogens is 324 g/mol. The van der Waals surface area contributed by atoms with Crippen molar-refractivity contribution in [3.63, 3.8) is 0 Å². The third kappa shape index (κ3) is 3.94. The first-order valence-electron chi connectivity index (χ1n) is 6.59. The van der Waals surface area contributed by atoms with Gasteiger partial charge in [-0.15, -0.1) is 0 Å². The SMILES string of the molecule is Cc1ccc(S(=O)(=O)O[C@@H](C)C(=O)c2cccc(Cl)c2)cc1. The Morgan fingerprint density at radius 3 is 2.36 bits per heavy atom. The monoisotopic (exact) mass is 338 g/mol. The first-order chi connectivity index (χ1) is 10.3. The summed E-state index contributed by atoms with van der Waals surface area (Å²) < 4.78 is 29.3. The Morgan fingerprint density at radius 1 is 1.14 bits per heavy atom. The van der Waals surface area contributed by atoms with Gasteiger partial charge in [0.1, 0.15) is 6.10 Å². The topological polar surface area (TPSA) is 60.4 Å². The molecule has 0 unspecified atom stereocenters. The molecule has 0 amide bonds. The van der Waals surface area contributed by atoms with Gasteiger partial charge >= 0.3 is 0 Å². The van der Waals surface area contributed by atoms with Crippen molar-refractivity contribution in [3.8, 4) is 0 Å². The summed E-state index contributed by atoms with van der Waals surface area (Å²) in [6.07, 6.45) is -1.13. The minimum absolute atomic E-state index is 0.0174. The van der Waals surface area contributed by atoms with E-state index in [2.05, 4.69) is 0 Å². The van der Waals surface area contributed by atoms with Crippen molar-refractivity contribution in [2.75, 3.05) is 0 Å². The summed E-state index contributed by atoms with van der Waals surface area (Å²) in [4.78, 5) is 12.2. The molecule has 1 atom stereocenters. The largest absolute Gasteiger partial charge is 0.297 e. The van der Waals surface area contributed by atoms with E-state index in [1.807, 2.05) is 6.92 Å². The summed E-state index contributed by atoms with van der Waals surface area (Å²) in [7, 11) is -3.99. The molecule has 0 saturated carbocycles. The number of aryl methyl sites for hydroxylation is 1. The quantitative estimate of drug-likeness (QED) is 0.617. The van der Waals surface area contributed by atoms with E-state index in [0.29, 0.717) is 10.6 Å². The van der Waals surface area contributed by atoms with Crippen molar-refractivity contribution >= 4 is 27.5 Å². The zero-order valence-electron chi connectivity index (χ0n) is 12.1. The summed E-state index contributed by atoms with van der Waals surface area (Å²) in [5, 5.41) is 0.402. The van der Waals surface area contributed by atoms with Crippen LogP contribution in [0.1, 0.15) is 22.8 Å². The predicted octanol–water partition coefficient (Wildman–Crippen LogP) is 3.63. The number of ketones is 1. The van der Waals surface area contributed by atoms with Crippen LogP contribution in [0.2, 0.25) is 5.02 Å². The maximum Gasteiger partial charge on any atom is 0.297 e. The van der Waals surface area contributed by atoms with Crippen molar-refractivity contribution in [3.05, 3.63) is 64.7 Å². The van der Waals surface area contributed by atoms with Gasteiger partial charge in [-0.25, -0.2) is 0 Å². The van der Waals surface area contributed by atoms with E-state index in [1.54, 1.807) is 30.3 Å². The van der Waals surface area contributed by atoms with Gasteiger partial charge in [0.25, 0.3) is 10.1 Å². The average Bonchev–Trinajstić information content (AvgIpc) is 2.46. The van der Waals surface area contributed by atoms with Crippen LogP contribution in [-0.4, -0.2) is 20.3 Å². The Bertz CT molecular complexity index is 782. The molecule has 2 rings (SSSR count). The van der Waals surface area contributed by atoms with E-state index >= 15 is 0 Å². The zero-order chi connectivity index (χ0) is 16.3. The van der Waals surface area contributed by atoms with E-state index in [1.165, 1.54) is 25.1 Å². The van der Waals surface area contributed by atoms with Crippen molar-refractivity contribution in [1.82, 2.24) is 0 Å². The van der Waals surface area contributed by atoms with Crippen LogP contribution >= 0.6 is 11.6 Å². The highest BCUT2D eigenvalue weighted by atomic mass is 35.5. The van der Waals surface area contributed by atoms with Crippen LogP contribution in [0.4, 0.5) is 0 Å². The van der Waals surface area contributed by atoms with E-state index in [4.69, 9.17) is 15.8 Å². The molecule has 0 aromatic heterocycles. The first-order valence-corrected chi connectivity index (χ1v) is 8.38. The van der Waals surface area contributed by atoms with Gasteiger partial charge in [-0.2, -0.15) is 8.42 Å². The van der Waals surface area contributed by atoms with Crippen molar-refractivity contribution in [1.29, 1.82) is 0 Å². The normalized spacial score (nSPS) is 12.9. The van der Waals surface area contributed by atoms with Gasteiger partial charge in [-0.05, 0) is 38.1 Å². The van der Waals surface area contributed by atoms with Gasteiger partial charge in [-0.3, -0.25) is 8.98 Å². The molecule has 0 spiro atoms. The number of carbonyl (C=O) groups is 1. The lowest BCUT2D eigenvalue weighted by Gasteiger charge is -2.12. The minimum atomic E-state index is -3.99. The molecule has 0 bridgehead atoms. The van der Waals surface area contributed by atoms with Crippen LogP contribution in [0, 0.1) is 6.92 Å². The molecule has 0 aliphatic heterocycles. The molecule has 0 fully saturated rings. The summed E-state index contributed by atoms with van der Waals surface area (Å²) in [6, 6.07) is 12.5. The van der Waals surface area contributed by atoms with Gasteiger partial charge in [0, 0.05) is 10.6 Å². The van der Waals surface area contributed by atoms with Gasteiger partial charge in [0.2, 0.25) is 0 Å². The Hall–Kier alpha value is -1.69. The highest BCUT2D eigenvalue weighted by Gasteiger charge is 2.24. The second-order valence-electron chi connectivity index (χ2n) is 4.88. The Morgan fingerprint density at radius 2 is 1.77 bits per heavy atom. The van der Waals surface area contributed by atoms with Crippen LogP contribution in [0.5, 0.6) is 0 Å². The number of carbonyl (C=O) groups excluding carboxylic acids is 1. The Labute approximate surface area is 134 Å². The lowest BCUT2D eigenvalue weighted by molar-refractivity contribution is 0.0826. The van der Waals surface area contributed by atoms with Crippen LogP contribution < -0.4 is 0 Å². The second-order valence-corrected chi connectivity index (χ2v) is 6.89. The number of rotatable bonds is 5. The zero-order valence-corrected chi connectivity index (χ0v) is 13.7. The summed E-state index contributed by atoms with van der Waals surface area (Å²) in [5.74, 6) is -0.446. The number of hydrogen-bond acceptors (Lipinski definition) is 4. The van der Waals surface area contributed by atoms with Crippen molar-refractivity contribution in [2.24, 2.45) is 0 Å². The van der Waals surface area contributed by atoms with Crippen molar-refractivity contribution < 1.29 is 17.4 Å². The van der Waals surface area contributed by atoms with Gasteiger partial charge in [-0.1, -0.05) is 41.4 Å². The van der Waals surface area contributed by atoms with E-state index in [9.17, 15) is 13.2 Å². The fraction of sp³-hybridized carbons (Fsp3) is 0.188. The van der Waals surface area contributed by atoms with Gasteiger partial charge in [0.15, 0.2) is 5.78 Å². The summed E-state index contributed by atoms with van der Waals surface area (Å²) in [6.45, 7) is 3.25. The highest BCUT2D eigenvalue weighted by molar-refractivity contribution is 7.86. The Kier molecular flexibility index (Phi) is 5.01. The molecule has 0 radical (unpaired) electrons. The molecule has 2 aromatic carbocycles. The van der Waals surface area contributed by atoms with E-state index in [-0.39, 0.29) is 4.90 Å². The maximum absolute atomic E-state index is 12.2. The summed E-state index contributed by atoms with van der Waals surface area (Å²) >= 11 is 5.83. The standard InChI is InChI=1S/C16H15ClO4S/c1-11-6-8-15(9-7-11)22(19,20)21-12(2)16(18)13-4-3-5-14(17)10-13/h3-10,12H,1-2H3/t12-/m0/s1. The van der Waals surface area contributed by atoms with Crippen LogP contribution in [-0.2, 0) is 14.3 Å². The molecule has 0 N–H and O–H groups in total. The molecule has 22 heavy (non-hydrogen) atoms. The number of hydrogen-bond donors (Lipinski definition) is 0. The molecule has 0 saturated heterocycles. The van der Waals surface area contributed by atoms with E-state index in [0.717, 1.165) is 5.56 Å². The minimum Gasteiger partial charge on any atom is -0.291 e. The molecule has 2 aromatic rings. The third-order valence-electron chi connectivity index (χ3n) is 3.06. The lowest BCUT2D eigenvalue weighted by Crippen LogP contribution is -2.24.